The number of benzene rings is 3. The lowest BCUT2D eigenvalue weighted by molar-refractivity contribution is -0.151. The fourth-order valence-corrected chi connectivity index (χ4v) is 5.24. The zero-order valence-corrected chi connectivity index (χ0v) is 17.7. The van der Waals surface area contributed by atoms with Crippen molar-refractivity contribution in [1.82, 2.24) is 0 Å². The minimum absolute atomic E-state index is 0.0714. The molecule has 0 radical (unpaired) electrons. The monoisotopic (exact) mass is 424 g/mol. The van der Waals surface area contributed by atoms with E-state index >= 15 is 0 Å². The van der Waals surface area contributed by atoms with Gasteiger partial charge in [0.1, 0.15) is 5.41 Å². The fourth-order valence-electron chi connectivity index (χ4n) is 5.24. The van der Waals surface area contributed by atoms with Crippen LogP contribution in [0.15, 0.2) is 115 Å². The highest BCUT2D eigenvalue weighted by Gasteiger charge is 2.62. The Bertz CT molecular complexity index is 1080. The third kappa shape index (κ3) is 2.99. The van der Waals surface area contributed by atoms with Crippen LogP contribution in [0, 0.1) is 11.3 Å². The van der Waals surface area contributed by atoms with Crippen LogP contribution in [-0.2, 0) is 15.0 Å². The Balaban J connectivity index is 2.22. The lowest BCUT2D eigenvalue weighted by Gasteiger charge is -2.52. The molecule has 3 aromatic rings. The number of hydrogen-bond acceptors (Lipinski definition) is 2. The molecule has 0 aromatic heterocycles. The van der Waals surface area contributed by atoms with Crippen molar-refractivity contribution in [1.29, 1.82) is 0 Å². The molecule has 1 aliphatic carbocycles. The molecule has 4 heteroatoms. The van der Waals surface area contributed by atoms with Gasteiger partial charge in [0.25, 0.3) is 0 Å². The first-order valence-corrected chi connectivity index (χ1v) is 10.5. The summed E-state index contributed by atoms with van der Waals surface area (Å²) in [5, 5.41) is 20.8. The van der Waals surface area contributed by atoms with Gasteiger partial charge in [-0.3, -0.25) is 4.79 Å². The van der Waals surface area contributed by atoms with Gasteiger partial charge in [0.2, 0.25) is 0 Å². The summed E-state index contributed by atoms with van der Waals surface area (Å²) in [6.07, 6.45) is 4.74. The van der Waals surface area contributed by atoms with Crippen LogP contribution >= 0.6 is 0 Å². The van der Waals surface area contributed by atoms with Gasteiger partial charge < -0.3 is 10.2 Å². The Morgan fingerprint density at radius 2 is 1.16 bits per heavy atom. The van der Waals surface area contributed by atoms with Crippen LogP contribution in [0.3, 0.4) is 0 Å². The van der Waals surface area contributed by atoms with Crippen LogP contribution in [0.25, 0.3) is 0 Å². The maximum absolute atomic E-state index is 13.4. The van der Waals surface area contributed by atoms with Gasteiger partial charge in [0, 0.05) is 11.5 Å². The summed E-state index contributed by atoms with van der Waals surface area (Å²) in [6.45, 7) is 1.70. The Morgan fingerprint density at radius 1 is 0.750 bits per heavy atom. The molecule has 3 aromatic carbocycles. The SMILES string of the molecule is CC1C(C(=O)O)=CC=CC1(C(=O)O)C(c1ccccc1)(c1ccccc1)c1ccccc1. The highest BCUT2D eigenvalue weighted by atomic mass is 16.4. The largest absolute Gasteiger partial charge is 0.481 e. The van der Waals surface area contributed by atoms with Gasteiger partial charge in [-0.1, -0.05) is 116 Å². The van der Waals surface area contributed by atoms with E-state index in [0.717, 1.165) is 16.7 Å². The molecular formula is C28H24O4. The second-order valence-electron chi connectivity index (χ2n) is 8.03. The number of carboxylic acids is 2. The predicted octanol–water partition coefficient (Wildman–Crippen LogP) is 5.31. The van der Waals surface area contributed by atoms with E-state index in [9.17, 15) is 19.8 Å². The molecule has 0 spiro atoms. The topological polar surface area (TPSA) is 74.6 Å². The van der Waals surface area contributed by atoms with Crippen LogP contribution < -0.4 is 0 Å². The summed E-state index contributed by atoms with van der Waals surface area (Å²) in [5.74, 6) is -3.01. The van der Waals surface area contributed by atoms with Gasteiger partial charge >= 0.3 is 11.9 Å². The van der Waals surface area contributed by atoms with Gasteiger partial charge in [-0.15, -0.1) is 0 Å². The number of aliphatic carboxylic acids is 2. The molecule has 160 valence electrons. The van der Waals surface area contributed by atoms with E-state index in [4.69, 9.17) is 0 Å². The average molecular weight is 424 g/mol. The van der Waals surface area contributed by atoms with E-state index in [0.29, 0.717) is 0 Å². The number of hydrogen-bond donors (Lipinski definition) is 2. The normalized spacial score (nSPS) is 20.4. The molecule has 0 saturated carbocycles. The number of carboxylic acid groups (broad SMARTS) is 2. The van der Waals surface area contributed by atoms with Crippen LogP contribution in [0.4, 0.5) is 0 Å². The molecule has 0 bridgehead atoms. The highest BCUT2D eigenvalue weighted by molar-refractivity contribution is 5.93. The van der Waals surface area contributed by atoms with Crippen LogP contribution in [0.2, 0.25) is 0 Å². The first kappa shape index (κ1) is 21.3. The number of rotatable bonds is 6. The van der Waals surface area contributed by atoms with Gasteiger partial charge in [0.05, 0.1) is 5.41 Å². The van der Waals surface area contributed by atoms with E-state index in [2.05, 4.69) is 0 Å². The third-order valence-corrected chi connectivity index (χ3v) is 6.63. The molecule has 2 N–H and O–H groups in total. The standard InChI is InChI=1S/C28H24O4/c1-20-24(25(29)30)18-11-19-27(20,26(31)32)28(21-12-5-2-6-13-21,22-14-7-3-8-15-22)23-16-9-4-10-17-23/h2-20H,1H3,(H,29,30)(H,31,32). The molecular weight excluding hydrogens is 400 g/mol. The number of allylic oxidation sites excluding steroid dienone is 2. The van der Waals surface area contributed by atoms with Gasteiger partial charge in [-0.2, -0.15) is 0 Å². The van der Waals surface area contributed by atoms with E-state index in [1.807, 2.05) is 91.0 Å². The lowest BCUT2D eigenvalue weighted by Crippen LogP contribution is -2.56. The quantitative estimate of drug-likeness (QED) is 0.526. The second-order valence-corrected chi connectivity index (χ2v) is 8.03. The van der Waals surface area contributed by atoms with Crippen molar-refractivity contribution >= 4 is 11.9 Å². The van der Waals surface area contributed by atoms with Crippen LogP contribution in [-0.4, -0.2) is 22.2 Å². The Kier molecular flexibility index (Phi) is 5.54. The van der Waals surface area contributed by atoms with Crippen LogP contribution in [0.1, 0.15) is 23.6 Å². The maximum atomic E-state index is 13.4. The molecule has 2 atom stereocenters. The minimum Gasteiger partial charge on any atom is -0.481 e. The van der Waals surface area contributed by atoms with Gasteiger partial charge in [0.15, 0.2) is 0 Å². The Morgan fingerprint density at radius 3 is 1.50 bits per heavy atom. The van der Waals surface area contributed by atoms with Crippen molar-refractivity contribution in [3.63, 3.8) is 0 Å². The molecule has 0 amide bonds. The van der Waals surface area contributed by atoms with Crippen molar-refractivity contribution in [2.75, 3.05) is 0 Å². The number of carbonyl (C=O) groups is 2. The first-order valence-electron chi connectivity index (χ1n) is 10.5. The Labute approximate surface area is 187 Å². The summed E-state index contributed by atoms with van der Waals surface area (Å²) in [6, 6.07) is 28.5. The average Bonchev–Trinajstić information content (AvgIpc) is 2.82. The summed E-state index contributed by atoms with van der Waals surface area (Å²) >= 11 is 0. The molecule has 4 nitrogen and oxygen atoms in total. The molecule has 0 heterocycles. The zero-order valence-electron chi connectivity index (χ0n) is 17.7. The summed E-state index contributed by atoms with van der Waals surface area (Å²) in [5.41, 5.74) is -0.372. The first-order chi connectivity index (χ1) is 15.5. The molecule has 0 saturated heterocycles. The lowest BCUT2D eigenvalue weighted by atomic mass is 9.48. The predicted molar refractivity (Wildman–Crippen MR) is 123 cm³/mol. The minimum atomic E-state index is -1.60. The third-order valence-electron chi connectivity index (χ3n) is 6.63. The van der Waals surface area contributed by atoms with Crippen molar-refractivity contribution < 1.29 is 19.8 Å². The van der Waals surface area contributed by atoms with Gasteiger partial charge in [-0.25, -0.2) is 4.79 Å². The smallest absolute Gasteiger partial charge is 0.331 e. The maximum Gasteiger partial charge on any atom is 0.331 e. The van der Waals surface area contributed by atoms with Crippen molar-refractivity contribution in [2.45, 2.75) is 12.3 Å². The van der Waals surface area contributed by atoms with Crippen molar-refractivity contribution in [3.05, 3.63) is 131 Å². The highest BCUT2D eigenvalue weighted by Crippen LogP contribution is 2.59. The van der Waals surface area contributed by atoms with Crippen molar-refractivity contribution in [3.8, 4) is 0 Å². The van der Waals surface area contributed by atoms with Crippen LogP contribution in [0.5, 0.6) is 0 Å². The summed E-state index contributed by atoms with van der Waals surface area (Å²) < 4.78 is 0. The fraction of sp³-hybridized carbons (Fsp3) is 0.143. The molecule has 4 rings (SSSR count). The molecule has 2 unspecified atom stereocenters. The molecule has 32 heavy (non-hydrogen) atoms. The van der Waals surface area contributed by atoms with E-state index in [1.54, 1.807) is 19.1 Å². The Hall–Kier alpha value is -3.92. The van der Waals surface area contributed by atoms with E-state index < -0.39 is 28.7 Å². The summed E-state index contributed by atoms with van der Waals surface area (Å²) in [4.78, 5) is 25.5. The van der Waals surface area contributed by atoms with E-state index in [-0.39, 0.29) is 5.57 Å². The van der Waals surface area contributed by atoms with E-state index in [1.165, 1.54) is 6.08 Å². The van der Waals surface area contributed by atoms with Crippen molar-refractivity contribution in [2.24, 2.45) is 11.3 Å². The molecule has 1 aliphatic rings. The zero-order chi connectivity index (χ0) is 22.8. The molecule has 0 aliphatic heterocycles. The second kappa shape index (κ2) is 8.31. The van der Waals surface area contributed by atoms with Gasteiger partial charge in [-0.05, 0) is 16.7 Å². The molecule has 0 fully saturated rings. The summed E-state index contributed by atoms with van der Waals surface area (Å²) in [7, 11) is 0.